The Balaban J connectivity index is 1.84. The smallest absolute Gasteiger partial charge is 0.137 e. The molecule has 0 spiro atoms. The first-order valence-electron chi connectivity index (χ1n) is 6.47. The van der Waals surface area contributed by atoms with Crippen LogP contribution >= 0.6 is 11.6 Å². The highest BCUT2D eigenvalue weighted by Gasteiger charge is 2.08. The molecule has 0 aliphatic carbocycles. The fourth-order valence-corrected chi connectivity index (χ4v) is 3.31. The fraction of sp³-hybridized carbons (Fsp3) is 0.188. The summed E-state index contributed by atoms with van der Waals surface area (Å²) < 4.78 is 17.7. The van der Waals surface area contributed by atoms with Crippen LogP contribution < -0.4 is 4.74 Å². The lowest BCUT2D eigenvalue weighted by Gasteiger charge is -2.08. The molecule has 1 atom stereocenters. The number of halogens is 1. The molecule has 0 bridgehead atoms. The van der Waals surface area contributed by atoms with Crippen LogP contribution in [0.15, 0.2) is 53.4 Å². The van der Waals surface area contributed by atoms with Crippen LogP contribution in [0.5, 0.6) is 5.75 Å². The van der Waals surface area contributed by atoms with Crippen LogP contribution in [-0.2, 0) is 10.8 Å². The molecule has 0 amide bonds. The number of nitriles is 1. The van der Waals surface area contributed by atoms with Crippen LogP contribution in [-0.4, -0.2) is 16.6 Å². The Morgan fingerprint density at radius 2 is 1.86 bits per heavy atom. The van der Waals surface area contributed by atoms with Crippen LogP contribution in [0.2, 0.25) is 5.02 Å². The highest BCUT2D eigenvalue weighted by Crippen LogP contribution is 2.20. The number of benzene rings is 2. The maximum absolute atomic E-state index is 12.1. The van der Waals surface area contributed by atoms with E-state index < -0.39 is 10.8 Å². The molecule has 0 radical (unpaired) electrons. The van der Waals surface area contributed by atoms with Crippen LogP contribution in [0.1, 0.15) is 12.0 Å². The third-order valence-electron chi connectivity index (χ3n) is 2.82. The van der Waals surface area contributed by atoms with Gasteiger partial charge in [0.05, 0.1) is 32.9 Å². The van der Waals surface area contributed by atoms with E-state index in [-0.39, 0.29) is 0 Å². The third-order valence-corrected chi connectivity index (χ3v) is 4.77. The Morgan fingerprint density at radius 1 is 1.14 bits per heavy atom. The predicted molar refractivity (Wildman–Crippen MR) is 84.0 cm³/mol. The molecule has 0 heterocycles. The molecule has 0 aromatic heterocycles. The number of para-hydroxylation sites is 1. The zero-order valence-corrected chi connectivity index (χ0v) is 12.9. The van der Waals surface area contributed by atoms with Crippen molar-refractivity contribution < 1.29 is 8.95 Å². The van der Waals surface area contributed by atoms with E-state index in [1.54, 1.807) is 30.3 Å². The maximum Gasteiger partial charge on any atom is 0.137 e. The number of hydrogen-bond acceptors (Lipinski definition) is 3. The average Bonchev–Trinajstić information content (AvgIpc) is 2.52. The van der Waals surface area contributed by atoms with Crippen LogP contribution in [0.4, 0.5) is 0 Å². The molecule has 2 aromatic rings. The van der Waals surface area contributed by atoms with E-state index in [2.05, 4.69) is 6.07 Å². The van der Waals surface area contributed by atoms with Crippen molar-refractivity contribution in [3.63, 3.8) is 0 Å². The topological polar surface area (TPSA) is 50.1 Å². The summed E-state index contributed by atoms with van der Waals surface area (Å²) in [5, 5.41) is 9.47. The first-order chi connectivity index (χ1) is 10.2. The Labute approximate surface area is 131 Å². The van der Waals surface area contributed by atoms with Gasteiger partial charge in [-0.05, 0) is 30.7 Å². The normalized spacial score (nSPS) is 11.6. The summed E-state index contributed by atoms with van der Waals surface area (Å²) in [5.41, 5.74) is 0.504. The summed E-state index contributed by atoms with van der Waals surface area (Å²) in [6.07, 6.45) is 0.623. The van der Waals surface area contributed by atoms with Gasteiger partial charge >= 0.3 is 0 Å². The van der Waals surface area contributed by atoms with Gasteiger partial charge in [0.25, 0.3) is 0 Å². The molecule has 2 rings (SSSR count). The third kappa shape index (κ3) is 4.32. The van der Waals surface area contributed by atoms with Gasteiger partial charge in [-0.25, -0.2) is 0 Å². The molecule has 0 fully saturated rings. The summed E-state index contributed by atoms with van der Waals surface area (Å²) in [5.74, 6) is 1.03. The van der Waals surface area contributed by atoms with Crippen LogP contribution in [0.3, 0.4) is 0 Å². The molecule has 2 aromatic carbocycles. The zero-order chi connectivity index (χ0) is 15.1. The van der Waals surface area contributed by atoms with E-state index in [9.17, 15) is 4.21 Å². The van der Waals surface area contributed by atoms with Crippen molar-refractivity contribution in [2.45, 2.75) is 11.3 Å². The highest BCUT2D eigenvalue weighted by atomic mass is 35.5. The second-order valence-electron chi connectivity index (χ2n) is 4.29. The average molecular weight is 320 g/mol. The van der Waals surface area contributed by atoms with Crippen molar-refractivity contribution in [2.75, 3.05) is 12.4 Å². The van der Waals surface area contributed by atoms with Gasteiger partial charge in [0.2, 0.25) is 0 Å². The number of rotatable bonds is 6. The Bertz CT molecular complexity index is 682. The minimum absolute atomic E-state index is 0.412. The van der Waals surface area contributed by atoms with E-state index in [1.165, 1.54) is 0 Å². The number of hydrogen-bond donors (Lipinski definition) is 0. The maximum atomic E-state index is 12.1. The quantitative estimate of drug-likeness (QED) is 0.761. The van der Waals surface area contributed by atoms with Crippen molar-refractivity contribution in [1.29, 1.82) is 5.26 Å². The van der Waals surface area contributed by atoms with E-state index in [0.717, 1.165) is 0 Å². The number of ether oxygens (including phenoxy) is 1. The SMILES string of the molecule is N#Cc1ccccc1OCCCS(=O)c1ccccc1Cl. The standard InChI is InChI=1S/C16H14ClNO2S/c17-14-7-2-4-9-16(14)21(19)11-5-10-20-15-8-3-1-6-13(15)12-18/h1-4,6-9H,5,10-11H2. The highest BCUT2D eigenvalue weighted by molar-refractivity contribution is 7.85. The van der Waals surface area contributed by atoms with Gasteiger partial charge in [-0.1, -0.05) is 35.9 Å². The zero-order valence-electron chi connectivity index (χ0n) is 11.3. The minimum atomic E-state index is -1.14. The molecule has 21 heavy (non-hydrogen) atoms. The van der Waals surface area contributed by atoms with E-state index in [4.69, 9.17) is 21.6 Å². The molecule has 0 N–H and O–H groups in total. The molecule has 0 aliphatic heterocycles. The van der Waals surface area contributed by atoms with Gasteiger partial charge in [-0.2, -0.15) is 5.26 Å². The summed E-state index contributed by atoms with van der Waals surface area (Å²) >= 11 is 6.01. The monoisotopic (exact) mass is 319 g/mol. The molecule has 3 nitrogen and oxygen atoms in total. The molecule has 0 aliphatic rings. The first kappa shape index (κ1) is 15.6. The summed E-state index contributed by atoms with van der Waals surface area (Å²) in [6, 6.07) is 16.3. The fourth-order valence-electron chi connectivity index (χ4n) is 1.80. The predicted octanol–water partition coefficient (Wildman–Crippen LogP) is 3.79. The Kier molecular flexibility index (Phi) is 5.79. The lowest BCUT2D eigenvalue weighted by molar-refractivity contribution is 0.317. The summed E-state index contributed by atoms with van der Waals surface area (Å²) in [4.78, 5) is 0.650. The molecular formula is C16H14ClNO2S. The molecular weight excluding hydrogens is 306 g/mol. The van der Waals surface area contributed by atoms with Crippen molar-refractivity contribution in [2.24, 2.45) is 0 Å². The summed E-state index contributed by atoms with van der Waals surface area (Å²) in [6.45, 7) is 0.412. The molecule has 5 heteroatoms. The van der Waals surface area contributed by atoms with E-state index in [0.29, 0.717) is 40.0 Å². The minimum Gasteiger partial charge on any atom is -0.492 e. The van der Waals surface area contributed by atoms with E-state index >= 15 is 0 Å². The van der Waals surface area contributed by atoms with Gasteiger partial charge in [0.15, 0.2) is 0 Å². The molecule has 1 unspecified atom stereocenters. The van der Waals surface area contributed by atoms with Crippen LogP contribution in [0, 0.1) is 11.3 Å². The Hall–Kier alpha value is -1.83. The largest absolute Gasteiger partial charge is 0.492 e. The van der Waals surface area contributed by atoms with Gasteiger partial charge in [0, 0.05) is 5.75 Å². The number of nitrogens with zero attached hydrogens (tertiary/aromatic N) is 1. The van der Waals surface area contributed by atoms with Crippen molar-refractivity contribution in [1.82, 2.24) is 0 Å². The lowest BCUT2D eigenvalue weighted by atomic mass is 10.2. The second kappa shape index (κ2) is 7.82. The summed E-state index contributed by atoms with van der Waals surface area (Å²) in [7, 11) is -1.14. The second-order valence-corrected chi connectivity index (χ2v) is 6.24. The lowest BCUT2D eigenvalue weighted by Crippen LogP contribution is -2.06. The molecule has 0 saturated heterocycles. The van der Waals surface area contributed by atoms with E-state index in [1.807, 2.05) is 18.2 Å². The first-order valence-corrected chi connectivity index (χ1v) is 8.17. The molecule has 0 saturated carbocycles. The van der Waals surface area contributed by atoms with Gasteiger partial charge in [-0.15, -0.1) is 0 Å². The van der Waals surface area contributed by atoms with Gasteiger partial charge < -0.3 is 4.74 Å². The molecule has 108 valence electrons. The van der Waals surface area contributed by atoms with Crippen LogP contribution in [0.25, 0.3) is 0 Å². The Morgan fingerprint density at radius 3 is 2.62 bits per heavy atom. The van der Waals surface area contributed by atoms with Gasteiger partial charge in [0.1, 0.15) is 11.8 Å². The van der Waals surface area contributed by atoms with Crippen molar-refractivity contribution in [3.8, 4) is 11.8 Å². The van der Waals surface area contributed by atoms with Crippen molar-refractivity contribution in [3.05, 3.63) is 59.1 Å². The van der Waals surface area contributed by atoms with Gasteiger partial charge in [-0.3, -0.25) is 4.21 Å². The van der Waals surface area contributed by atoms with Crippen molar-refractivity contribution >= 4 is 22.4 Å².